The minimum Gasteiger partial charge on any atom is -0.493 e. The molecule has 0 amide bonds. The van der Waals surface area contributed by atoms with Crippen LogP contribution in [0.15, 0.2) is 59.5 Å². The molecule has 20 heavy (non-hydrogen) atoms. The van der Waals surface area contributed by atoms with Gasteiger partial charge in [0.2, 0.25) is 0 Å². The Balaban J connectivity index is 1.76. The molecule has 1 unspecified atom stereocenters. The summed E-state index contributed by atoms with van der Waals surface area (Å²) >= 11 is 1.81. The number of thioether (sulfide) groups is 1. The number of ether oxygens (including phenoxy) is 1. The van der Waals surface area contributed by atoms with E-state index < -0.39 is 0 Å². The van der Waals surface area contributed by atoms with Gasteiger partial charge in [0.25, 0.3) is 0 Å². The molecule has 2 nitrogen and oxygen atoms in total. The topological polar surface area (TPSA) is 35.2 Å². The highest BCUT2D eigenvalue weighted by Gasteiger charge is 2.00. The lowest BCUT2D eigenvalue weighted by Gasteiger charge is -2.09. The first-order chi connectivity index (χ1) is 9.74. The van der Waals surface area contributed by atoms with Crippen LogP contribution in [0.25, 0.3) is 0 Å². The Hall–Kier alpha value is -1.45. The van der Waals surface area contributed by atoms with E-state index in [4.69, 9.17) is 10.5 Å². The Morgan fingerprint density at radius 1 is 1.10 bits per heavy atom. The molecule has 3 heteroatoms. The van der Waals surface area contributed by atoms with Gasteiger partial charge in [0.05, 0.1) is 6.61 Å². The van der Waals surface area contributed by atoms with Gasteiger partial charge in [-0.3, -0.25) is 0 Å². The zero-order valence-corrected chi connectivity index (χ0v) is 12.6. The van der Waals surface area contributed by atoms with Gasteiger partial charge >= 0.3 is 0 Å². The minimum absolute atomic E-state index is 0.180. The molecule has 106 valence electrons. The predicted molar refractivity (Wildman–Crippen MR) is 86.5 cm³/mol. The minimum atomic E-state index is 0.180. The van der Waals surface area contributed by atoms with Crippen LogP contribution in [-0.4, -0.2) is 18.4 Å². The van der Waals surface area contributed by atoms with Crippen LogP contribution in [-0.2, 0) is 6.42 Å². The molecule has 0 bridgehead atoms. The van der Waals surface area contributed by atoms with Gasteiger partial charge in [0, 0.05) is 16.7 Å². The summed E-state index contributed by atoms with van der Waals surface area (Å²) in [6, 6.07) is 18.8. The van der Waals surface area contributed by atoms with Crippen LogP contribution in [0, 0.1) is 0 Å². The van der Waals surface area contributed by atoms with Gasteiger partial charge in [-0.25, -0.2) is 0 Å². The lowest BCUT2D eigenvalue weighted by atomic mass is 10.1. The third-order valence-electron chi connectivity index (χ3n) is 2.82. The molecule has 0 radical (unpaired) electrons. The van der Waals surface area contributed by atoms with Crippen LogP contribution in [0.2, 0.25) is 0 Å². The van der Waals surface area contributed by atoms with Crippen LogP contribution >= 0.6 is 11.8 Å². The largest absolute Gasteiger partial charge is 0.493 e. The van der Waals surface area contributed by atoms with E-state index in [9.17, 15) is 0 Å². The zero-order valence-electron chi connectivity index (χ0n) is 11.8. The average molecular weight is 287 g/mol. The number of hydrogen-bond acceptors (Lipinski definition) is 3. The molecule has 2 rings (SSSR count). The van der Waals surface area contributed by atoms with Gasteiger partial charge in [0.15, 0.2) is 0 Å². The van der Waals surface area contributed by atoms with Crippen molar-refractivity contribution in [2.24, 2.45) is 5.73 Å². The third-order valence-corrected chi connectivity index (χ3v) is 3.80. The van der Waals surface area contributed by atoms with E-state index in [1.807, 2.05) is 36.9 Å². The average Bonchev–Trinajstić information content (AvgIpc) is 2.44. The molecule has 1 atom stereocenters. The SMILES string of the molecule is CC(N)Cc1cccc(OCCSc2ccccc2)c1. The molecule has 0 fully saturated rings. The van der Waals surface area contributed by atoms with E-state index in [0.29, 0.717) is 6.61 Å². The van der Waals surface area contributed by atoms with E-state index in [1.54, 1.807) is 0 Å². The summed E-state index contributed by atoms with van der Waals surface area (Å²) in [7, 11) is 0. The molecule has 0 aromatic heterocycles. The van der Waals surface area contributed by atoms with Gasteiger partial charge in [0.1, 0.15) is 5.75 Å². The fraction of sp³-hybridized carbons (Fsp3) is 0.294. The Kier molecular flexibility index (Phi) is 5.96. The summed E-state index contributed by atoms with van der Waals surface area (Å²) < 4.78 is 5.79. The second kappa shape index (κ2) is 7.98. The highest BCUT2D eigenvalue weighted by atomic mass is 32.2. The number of nitrogens with two attached hydrogens (primary N) is 1. The molecule has 0 spiro atoms. The third kappa shape index (κ3) is 5.27. The van der Waals surface area contributed by atoms with Crippen molar-refractivity contribution in [1.82, 2.24) is 0 Å². The lowest BCUT2D eigenvalue weighted by molar-refractivity contribution is 0.343. The van der Waals surface area contributed by atoms with Crippen molar-refractivity contribution in [2.45, 2.75) is 24.3 Å². The molecular weight excluding hydrogens is 266 g/mol. The van der Waals surface area contributed by atoms with Crippen molar-refractivity contribution >= 4 is 11.8 Å². The first-order valence-corrected chi connectivity index (χ1v) is 7.88. The summed E-state index contributed by atoms with van der Waals surface area (Å²) in [6.07, 6.45) is 0.885. The molecular formula is C17H21NOS. The first kappa shape index (κ1) is 14.9. The molecule has 2 aromatic carbocycles. The molecule has 0 aliphatic carbocycles. The van der Waals surface area contributed by atoms with Gasteiger partial charge in [-0.1, -0.05) is 30.3 Å². The second-order valence-electron chi connectivity index (χ2n) is 4.84. The van der Waals surface area contributed by atoms with E-state index >= 15 is 0 Å². The van der Waals surface area contributed by atoms with E-state index in [1.165, 1.54) is 10.5 Å². The van der Waals surface area contributed by atoms with E-state index in [2.05, 4.69) is 36.4 Å². The smallest absolute Gasteiger partial charge is 0.119 e. The van der Waals surface area contributed by atoms with Crippen molar-refractivity contribution < 1.29 is 4.74 Å². The van der Waals surface area contributed by atoms with Gasteiger partial charge in [-0.05, 0) is 43.2 Å². The molecule has 2 aromatic rings. The van der Waals surface area contributed by atoms with E-state index in [0.717, 1.165) is 17.9 Å². The maximum absolute atomic E-state index is 5.82. The summed E-state index contributed by atoms with van der Waals surface area (Å²) in [4.78, 5) is 1.28. The first-order valence-electron chi connectivity index (χ1n) is 6.89. The van der Waals surface area contributed by atoms with Crippen molar-refractivity contribution in [2.75, 3.05) is 12.4 Å². The number of benzene rings is 2. The maximum atomic E-state index is 5.82. The summed E-state index contributed by atoms with van der Waals surface area (Å²) in [5.41, 5.74) is 7.05. The summed E-state index contributed by atoms with van der Waals surface area (Å²) in [6.45, 7) is 2.73. The Morgan fingerprint density at radius 2 is 1.90 bits per heavy atom. The van der Waals surface area contributed by atoms with Gasteiger partial charge in [-0.15, -0.1) is 11.8 Å². The van der Waals surface area contributed by atoms with Crippen LogP contribution in [0.5, 0.6) is 5.75 Å². The quantitative estimate of drug-likeness (QED) is 0.622. The number of rotatable bonds is 7. The van der Waals surface area contributed by atoms with Crippen LogP contribution in [0.4, 0.5) is 0 Å². The van der Waals surface area contributed by atoms with Crippen LogP contribution in [0.3, 0.4) is 0 Å². The van der Waals surface area contributed by atoms with Crippen molar-refractivity contribution in [3.63, 3.8) is 0 Å². The monoisotopic (exact) mass is 287 g/mol. The number of hydrogen-bond donors (Lipinski definition) is 1. The molecule has 0 aliphatic rings. The standard InChI is InChI=1S/C17H21NOS/c1-14(18)12-15-6-5-7-16(13-15)19-10-11-20-17-8-3-2-4-9-17/h2-9,13-14H,10-12,18H2,1H3. The Labute approximate surface area is 125 Å². The molecule has 0 saturated carbocycles. The fourth-order valence-corrected chi connectivity index (χ4v) is 2.72. The maximum Gasteiger partial charge on any atom is 0.119 e. The zero-order chi connectivity index (χ0) is 14.2. The Morgan fingerprint density at radius 3 is 2.65 bits per heavy atom. The predicted octanol–water partition coefficient (Wildman–Crippen LogP) is 3.75. The van der Waals surface area contributed by atoms with E-state index in [-0.39, 0.29) is 6.04 Å². The lowest BCUT2D eigenvalue weighted by Crippen LogP contribution is -2.17. The summed E-state index contributed by atoms with van der Waals surface area (Å²) in [5, 5.41) is 0. The second-order valence-corrected chi connectivity index (χ2v) is 6.01. The molecule has 0 saturated heterocycles. The molecule has 0 heterocycles. The van der Waals surface area contributed by atoms with Crippen molar-refractivity contribution in [1.29, 1.82) is 0 Å². The normalized spacial score (nSPS) is 12.1. The molecule has 2 N–H and O–H groups in total. The highest BCUT2D eigenvalue weighted by molar-refractivity contribution is 7.99. The molecule has 0 aliphatic heterocycles. The van der Waals surface area contributed by atoms with Crippen LogP contribution in [0.1, 0.15) is 12.5 Å². The summed E-state index contributed by atoms with van der Waals surface area (Å²) in [5.74, 6) is 1.87. The fourth-order valence-electron chi connectivity index (χ4n) is 1.97. The van der Waals surface area contributed by atoms with Crippen molar-refractivity contribution in [3.05, 3.63) is 60.2 Å². The van der Waals surface area contributed by atoms with Gasteiger partial charge in [-0.2, -0.15) is 0 Å². The highest BCUT2D eigenvalue weighted by Crippen LogP contribution is 2.18. The van der Waals surface area contributed by atoms with Crippen molar-refractivity contribution in [3.8, 4) is 5.75 Å². The Bertz CT molecular complexity index is 513. The van der Waals surface area contributed by atoms with Crippen LogP contribution < -0.4 is 10.5 Å². The van der Waals surface area contributed by atoms with Gasteiger partial charge < -0.3 is 10.5 Å².